The van der Waals surface area contributed by atoms with E-state index in [1.807, 2.05) is 0 Å². The van der Waals surface area contributed by atoms with Gasteiger partial charge in [-0.3, -0.25) is 4.79 Å². The van der Waals surface area contributed by atoms with Crippen LogP contribution < -0.4 is 5.32 Å². The average Bonchev–Trinajstić information content (AvgIpc) is 3.21. The molecular weight excluding hydrogens is 330 g/mol. The van der Waals surface area contributed by atoms with Crippen LogP contribution >= 0.6 is 0 Å². The predicted octanol–water partition coefficient (Wildman–Crippen LogP) is 5.52. The van der Waals surface area contributed by atoms with Crippen LogP contribution in [0.3, 0.4) is 0 Å². The number of Topliss-reactive ketones (excluding diaryl/α,β-unsaturated/α-hetero) is 1. The number of carbonyl (C=O) groups is 1. The summed E-state index contributed by atoms with van der Waals surface area (Å²) in [7, 11) is 2.16. The second-order valence-corrected chi connectivity index (χ2v) is 11.9. The van der Waals surface area contributed by atoms with Crippen molar-refractivity contribution in [3.05, 3.63) is 11.6 Å². The normalized spacial score (nSPS) is 56.9. The van der Waals surface area contributed by atoms with E-state index < -0.39 is 0 Å². The summed E-state index contributed by atoms with van der Waals surface area (Å²) in [6.45, 7) is 12.1. The fraction of sp³-hybridized carbons (Fsp3) is 0.880. The number of hydrogen-bond acceptors (Lipinski definition) is 2. The maximum absolute atomic E-state index is 13.0. The van der Waals surface area contributed by atoms with E-state index in [-0.39, 0.29) is 10.8 Å². The summed E-state index contributed by atoms with van der Waals surface area (Å²) in [4.78, 5) is 13.0. The molecule has 2 nitrogen and oxygen atoms in total. The van der Waals surface area contributed by atoms with Crippen molar-refractivity contribution in [1.29, 1.82) is 0 Å². The van der Waals surface area contributed by atoms with Gasteiger partial charge in [-0.1, -0.05) is 33.8 Å². The number of rotatable bonds is 1. The number of ketones is 1. The van der Waals surface area contributed by atoms with Crippen molar-refractivity contribution in [2.75, 3.05) is 7.05 Å². The van der Waals surface area contributed by atoms with Gasteiger partial charge in [-0.05, 0) is 98.0 Å². The molecule has 0 aromatic carbocycles. The first kappa shape index (κ1) is 18.4. The van der Waals surface area contributed by atoms with Crippen LogP contribution in [0.4, 0.5) is 0 Å². The zero-order valence-electron chi connectivity index (χ0n) is 18.4. The first-order valence-corrected chi connectivity index (χ1v) is 11.5. The Kier molecular flexibility index (Phi) is 3.47. The van der Waals surface area contributed by atoms with Crippen LogP contribution in [0.5, 0.6) is 0 Å². The summed E-state index contributed by atoms with van der Waals surface area (Å²) >= 11 is 0. The third-order valence-corrected chi connectivity index (χ3v) is 11.4. The highest BCUT2D eigenvalue weighted by Gasteiger charge is 2.82. The zero-order chi connectivity index (χ0) is 19.5. The molecule has 2 spiro atoms. The van der Waals surface area contributed by atoms with Crippen LogP contribution in [0, 0.1) is 38.9 Å². The van der Waals surface area contributed by atoms with Gasteiger partial charge in [0.2, 0.25) is 0 Å². The lowest BCUT2D eigenvalue weighted by molar-refractivity contribution is -0.129. The lowest BCUT2D eigenvalue weighted by Crippen LogP contribution is -2.58. The molecule has 0 amide bonds. The number of hydrogen-bond donors (Lipinski definition) is 1. The lowest BCUT2D eigenvalue weighted by Gasteiger charge is -2.62. The summed E-state index contributed by atoms with van der Waals surface area (Å²) in [5.74, 6) is 2.07. The monoisotopic (exact) mass is 369 g/mol. The Hall–Kier alpha value is -0.630. The van der Waals surface area contributed by atoms with E-state index >= 15 is 0 Å². The quantitative estimate of drug-likeness (QED) is 0.616. The Morgan fingerprint density at radius 2 is 1.63 bits per heavy atom. The van der Waals surface area contributed by atoms with Crippen molar-refractivity contribution in [2.45, 2.75) is 92.0 Å². The highest BCUT2D eigenvalue weighted by molar-refractivity contribution is 6.00. The minimum absolute atomic E-state index is 0.114. The molecule has 0 heterocycles. The SMILES string of the molecule is CC=C1C(=O)CC2(C)C3CCC4C(C)(C)C(NC)CCC45CC35CCC12C. The van der Waals surface area contributed by atoms with Crippen LogP contribution in [0.15, 0.2) is 11.6 Å². The van der Waals surface area contributed by atoms with Crippen LogP contribution in [0.2, 0.25) is 0 Å². The second-order valence-electron chi connectivity index (χ2n) is 11.9. The van der Waals surface area contributed by atoms with Gasteiger partial charge in [-0.15, -0.1) is 0 Å². The Bertz CT molecular complexity index is 737. The number of nitrogens with one attached hydrogen (secondary N) is 1. The molecule has 7 atom stereocenters. The molecular formula is C25H39NO. The molecule has 0 radical (unpaired) electrons. The molecule has 0 aromatic heterocycles. The van der Waals surface area contributed by atoms with Gasteiger partial charge in [-0.2, -0.15) is 0 Å². The first-order valence-electron chi connectivity index (χ1n) is 11.5. The smallest absolute Gasteiger partial charge is 0.159 e. The van der Waals surface area contributed by atoms with E-state index in [1.54, 1.807) is 0 Å². The molecule has 1 N–H and O–H groups in total. The lowest BCUT2D eigenvalue weighted by atomic mass is 9.42. The van der Waals surface area contributed by atoms with Crippen LogP contribution in [0.1, 0.15) is 86.0 Å². The van der Waals surface area contributed by atoms with Crippen LogP contribution in [-0.4, -0.2) is 18.9 Å². The fourth-order valence-electron chi connectivity index (χ4n) is 10.0. The highest BCUT2D eigenvalue weighted by Crippen LogP contribution is 2.88. The van der Waals surface area contributed by atoms with E-state index in [0.29, 0.717) is 28.1 Å². The Morgan fingerprint density at radius 1 is 0.963 bits per heavy atom. The van der Waals surface area contributed by atoms with Gasteiger partial charge in [-0.25, -0.2) is 0 Å². The van der Waals surface area contributed by atoms with Crippen molar-refractivity contribution >= 4 is 5.78 Å². The van der Waals surface area contributed by atoms with Crippen molar-refractivity contribution < 1.29 is 4.79 Å². The van der Waals surface area contributed by atoms with Crippen molar-refractivity contribution in [2.24, 2.45) is 38.9 Å². The summed E-state index contributed by atoms with van der Waals surface area (Å²) < 4.78 is 0. The van der Waals surface area contributed by atoms with Gasteiger partial charge < -0.3 is 5.32 Å². The number of carbonyl (C=O) groups excluding carboxylic acids is 1. The van der Waals surface area contributed by atoms with E-state index in [1.165, 1.54) is 44.9 Å². The van der Waals surface area contributed by atoms with Crippen LogP contribution in [0.25, 0.3) is 0 Å². The molecule has 5 aliphatic carbocycles. The molecule has 2 heteroatoms. The molecule has 0 saturated heterocycles. The third-order valence-electron chi connectivity index (χ3n) is 11.4. The molecule has 5 fully saturated rings. The van der Waals surface area contributed by atoms with Crippen molar-refractivity contribution in [1.82, 2.24) is 5.32 Å². The van der Waals surface area contributed by atoms with Gasteiger partial charge in [0.1, 0.15) is 0 Å². The molecule has 5 aliphatic rings. The summed E-state index contributed by atoms with van der Waals surface area (Å²) in [6, 6.07) is 0.662. The fourth-order valence-corrected chi connectivity index (χ4v) is 10.0. The van der Waals surface area contributed by atoms with Gasteiger partial charge in [0.05, 0.1) is 0 Å². The molecule has 0 aromatic rings. The van der Waals surface area contributed by atoms with Crippen LogP contribution in [-0.2, 0) is 4.79 Å². The van der Waals surface area contributed by atoms with Crippen molar-refractivity contribution in [3.8, 4) is 0 Å². The number of allylic oxidation sites excluding steroid dienone is 2. The van der Waals surface area contributed by atoms with Gasteiger partial charge in [0.25, 0.3) is 0 Å². The summed E-state index contributed by atoms with van der Waals surface area (Å²) in [5.41, 5.74) is 2.98. The molecule has 150 valence electrons. The molecule has 7 unspecified atom stereocenters. The average molecular weight is 370 g/mol. The molecule has 27 heavy (non-hydrogen) atoms. The summed E-state index contributed by atoms with van der Waals surface area (Å²) in [5, 5.41) is 3.65. The largest absolute Gasteiger partial charge is 0.316 e. The predicted molar refractivity (Wildman–Crippen MR) is 110 cm³/mol. The topological polar surface area (TPSA) is 29.1 Å². The van der Waals surface area contributed by atoms with E-state index in [4.69, 9.17) is 0 Å². The first-order chi connectivity index (χ1) is 12.6. The summed E-state index contributed by atoms with van der Waals surface area (Å²) in [6.07, 6.45) is 12.5. The highest BCUT2D eigenvalue weighted by atomic mass is 16.1. The van der Waals surface area contributed by atoms with Gasteiger partial charge in [0.15, 0.2) is 5.78 Å². The van der Waals surface area contributed by atoms with E-state index in [9.17, 15) is 4.79 Å². The second kappa shape index (κ2) is 5.10. The van der Waals surface area contributed by atoms with Gasteiger partial charge in [0, 0.05) is 17.9 Å². The number of fused-ring (bicyclic) bond motifs is 2. The molecule has 0 bridgehead atoms. The van der Waals surface area contributed by atoms with Gasteiger partial charge >= 0.3 is 0 Å². The van der Waals surface area contributed by atoms with E-state index in [2.05, 4.69) is 53.1 Å². The molecule has 0 aliphatic heterocycles. The molecule has 5 rings (SSSR count). The minimum Gasteiger partial charge on any atom is -0.316 e. The Balaban J connectivity index is 1.56. The van der Waals surface area contributed by atoms with Crippen molar-refractivity contribution in [3.63, 3.8) is 0 Å². The van der Waals surface area contributed by atoms with E-state index in [0.717, 1.165) is 23.8 Å². The Labute approximate surface area is 165 Å². The zero-order valence-corrected chi connectivity index (χ0v) is 18.4. The minimum atomic E-state index is 0.114. The standard InChI is InChI=1S/C25H39NO/c1-7-16-17(27)14-23(5)19-9-8-18-21(2,3)20(26-6)10-11-24(18)15-25(19,24)13-12-22(16,23)4/h7,18-20,26H,8-15H2,1-6H3. The maximum Gasteiger partial charge on any atom is 0.159 e. The third kappa shape index (κ3) is 1.77. The molecule has 5 saturated carbocycles. The Morgan fingerprint density at radius 3 is 2.30 bits per heavy atom. The maximum atomic E-state index is 13.0.